The van der Waals surface area contributed by atoms with Crippen LogP contribution < -0.4 is 5.32 Å². The van der Waals surface area contributed by atoms with Crippen LogP contribution in [0, 0.1) is 0 Å². The van der Waals surface area contributed by atoms with E-state index in [1.54, 1.807) is 19.4 Å². The van der Waals surface area contributed by atoms with Crippen molar-refractivity contribution in [2.24, 2.45) is 0 Å². The third kappa shape index (κ3) is 0.832. The molecule has 0 aromatic carbocycles. The van der Waals surface area contributed by atoms with E-state index in [-0.39, 0.29) is 0 Å². The molecule has 0 atom stereocenters. The van der Waals surface area contributed by atoms with Crippen LogP contribution in [0.15, 0.2) is 23.0 Å². The lowest BCUT2D eigenvalue weighted by molar-refractivity contribution is 0.459. The summed E-state index contributed by atoms with van der Waals surface area (Å²) in [7, 11) is 1.80. The Balaban J connectivity index is 2.76. The molecule has 2 aromatic heterocycles. The van der Waals surface area contributed by atoms with Crippen LogP contribution in [0.25, 0.3) is 11.0 Å². The molecule has 0 amide bonds. The third-order valence-electron chi connectivity index (χ3n) is 1.51. The van der Waals surface area contributed by atoms with Crippen molar-refractivity contribution in [1.29, 1.82) is 0 Å². The highest BCUT2D eigenvalue weighted by atomic mass is 16.5. The molecule has 4 nitrogen and oxygen atoms in total. The molecule has 0 saturated carbocycles. The van der Waals surface area contributed by atoms with Crippen LogP contribution in [0.3, 0.4) is 0 Å². The number of nitrogens with zero attached hydrogens (tertiary/aromatic N) is 2. The van der Waals surface area contributed by atoms with Gasteiger partial charge in [-0.2, -0.15) is 0 Å². The quantitative estimate of drug-likeness (QED) is 0.663. The number of nitrogens with one attached hydrogen (secondary N) is 1. The average Bonchev–Trinajstić information content (AvgIpc) is 2.47. The Morgan fingerprint density at radius 1 is 1.55 bits per heavy atom. The number of hydrogen-bond donors (Lipinski definition) is 1. The summed E-state index contributed by atoms with van der Waals surface area (Å²) >= 11 is 0. The van der Waals surface area contributed by atoms with Crippen LogP contribution in [0.1, 0.15) is 0 Å². The zero-order valence-corrected chi connectivity index (χ0v) is 6.03. The monoisotopic (exact) mass is 149 g/mol. The Bertz CT molecular complexity index is 368. The van der Waals surface area contributed by atoms with E-state index in [1.807, 2.05) is 6.07 Å². The van der Waals surface area contributed by atoms with Crippen LogP contribution >= 0.6 is 0 Å². The van der Waals surface area contributed by atoms with Gasteiger partial charge >= 0.3 is 0 Å². The number of fused-ring (bicyclic) bond motifs is 1. The van der Waals surface area contributed by atoms with E-state index in [0.29, 0.717) is 5.58 Å². The van der Waals surface area contributed by atoms with Gasteiger partial charge in [0.1, 0.15) is 0 Å². The number of pyridine rings is 1. The van der Waals surface area contributed by atoms with E-state index in [1.165, 1.54) is 0 Å². The predicted octanol–water partition coefficient (Wildman–Crippen LogP) is 1.26. The third-order valence-corrected chi connectivity index (χ3v) is 1.51. The Labute approximate surface area is 63.2 Å². The van der Waals surface area contributed by atoms with E-state index in [9.17, 15) is 0 Å². The smallest absolute Gasteiger partial charge is 0.187 e. The molecule has 0 spiro atoms. The highest BCUT2D eigenvalue weighted by Crippen LogP contribution is 2.19. The largest absolute Gasteiger partial charge is 0.370 e. The fraction of sp³-hybridized carbons (Fsp3) is 0.143. The molecule has 0 bridgehead atoms. The summed E-state index contributed by atoms with van der Waals surface area (Å²) in [4.78, 5) is 3.90. The van der Waals surface area contributed by atoms with Crippen LogP contribution in [0.5, 0.6) is 0 Å². The van der Waals surface area contributed by atoms with Crippen molar-refractivity contribution in [3.05, 3.63) is 18.5 Å². The molecule has 0 radical (unpaired) electrons. The summed E-state index contributed by atoms with van der Waals surface area (Å²) in [6.07, 6.45) is 3.35. The maximum atomic E-state index is 4.96. The Kier molecular flexibility index (Phi) is 1.25. The molecule has 2 heterocycles. The average molecular weight is 149 g/mol. The van der Waals surface area contributed by atoms with Crippen molar-refractivity contribution in [3.63, 3.8) is 0 Å². The molecule has 2 rings (SSSR count). The van der Waals surface area contributed by atoms with Crippen molar-refractivity contribution in [2.45, 2.75) is 0 Å². The molecule has 0 aliphatic carbocycles. The lowest BCUT2D eigenvalue weighted by Gasteiger charge is -1.88. The minimum absolute atomic E-state index is 0.705. The number of anilines is 1. The lowest BCUT2D eigenvalue weighted by atomic mass is 10.3. The highest BCUT2D eigenvalue weighted by molar-refractivity contribution is 5.86. The van der Waals surface area contributed by atoms with Gasteiger partial charge in [-0.15, -0.1) is 0 Å². The molecule has 0 saturated heterocycles. The fourth-order valence-electron chi connectivity index (χ4n) is 0.973. The van der Waals surface area contributed by atoms with E-state index < -0.39 is 0 Å². The van der Waals surface area contributed by atoms with Crippen molar-refractivity contribution in [2.75, 3.05) is 12.4 Å². The Morgan fingerprint density at radius 2 is 2.45 bits per heavy atom. The van der Waals surface area contributed by atoms with Gasteiger partial charge in [-0.3, -0.25) is 4.98 Å². The maximum absolute atomic E-state index is 4.96. The molecule has 0 fully saturated rings. The van der Waals surface area contributed by atoms with E-state index in [4.69, 9.17) is 4.52 Å². The van der Waals surface area contributed by atoms with E-state index in [2.05, 4.69) is 15.5 Å². The Hall–Kier alpha value is -1.58. The van der Waals surface area contributed by atoms with Gasteiger partial charge in [-0.05, 0) is 6.07 Å². The number of hydrogen-bond acceptors (Lipinski definition) is 4. The van der Waals surface area contributed by atoms with Gasteiger partial charge in [0.15, 0.2) is 11.4 Å². The van der Waals surface area contributed by atoms with Crippen molar-refractivity contribution < 1.29 is 4.52 Å². The van der Waals surface area contributed by atoms with Crippen molar-refractivity contribution in [1.82, 2.24) is 10.1 Å². The van der Waals surface area contributed by atoms with Gasteiger partial charge in [0.05, 0.1) is 11.6 Å². The summed E-state index contributed by atoms with van der Waals surface area (Å²) < 4.78 is 4.96. The predicted molar refractivity (Wildman–Crippen MR) is 41.4 cm³/mol. The standard InChI is InChI=1S/C7H7N3O/c1-8-7-5-2-3-9-4-6(5)11-10-7/h2-4H,1H3,(H,8,10). The zero-order chi connectivity index (χ0) is 7.68. The molecule has 0 aliphatic rings. The summed E-state index contributed by atoms with van der Waals surface area (Å²) in [6.45, 7) is 0. The van der Waals surface area contributed by atoms with Crippen LogP contribution in [-0.4, -0.2) is 17.2 Å². The van der Waals surface area contributed by atoms with Crippen LogP contribution in [0.4, 0.5) is 5.82 Å². The van der Waals surface area contributed by atoms with Gasteiger partial charge < -0.3 is 9.84 Å². The van der Waals surface area contributed by atoms with Gasteiger partial charge in [0, 0.05) is 13.2 Å². The normalized spacial score (nSPS) is 10.3. The molecule has 0 unspecified atom stereocenters. The first kappa shape index (κ1) is 6.15. The summed E-state index contributed by atoms with van der Waals surface area (Å²) in [6, 6.07) is 1.86. The van der Waals surface area contributed by atoms with Crippen LogP contribution in [-0.2, 0) is 0 Å². The second kappa shape index (κ2) is 2.23. The first-order chi connectivity index (χ1) is 5.42. The van der Waals surface area contributed by atoms with Gasteiger partial charge in [0.2, 0.25) is 0 Å². The summed E-state index contributed by atoms with van der Waals surface area (Å²) in [5, 5.41) is 7.67. The molecule has 56 valence electrons. The SMILES string of the molecule is CNc1noc2cnccc12. The van der Waals surface area contributed by atoms with Crippen molar-refractivity contribution in [3.8, 4) is 0 Å². The maximum Gasteiger partial charge on any atom is 0.187 e. The highest BCUT2D eigenvalue weighted by Gasteiger charge is 2.03. The van der Waals surface area contributed by atoms with E-state index >= 15 is 0 Å². The summed E-state index contributed by atoms with van der Waals surface area (Å²) in [5.74, 6) is 0.752. The first-order valence-corrected chi connectivity index (χ1v) is 3.29. The lowest BCUT2D eigenvalue weighted by Crippen LogP contribution is -1.86. The van der Waals surface area contributed by atoms with E-state index in [0.717, 1.165) is 11.2 Å². The molecule has 11 heavy (non-hydrogen) atoms. The van der Waals surface area contributed by atoms with Gasteiger partial charge in [0.25, 0.3) is 0 Å². The minimum atomic E-state index is 0.705. The number of aromatic nitrogens is 2. The molecular weight excluding hydrogens is 142 g/mol. The molecular formula is C7H7N3O. The summed E-state index contributed by atoms with van der Waals surface area (Å²) in [5.41, 5.74) is 0.705. The first-order valence-electron chi connectivity index (χ1n) is 3.29. The fourth-order valence-corrected chi connectivity index (χ4v) is 0.973. The molecule has 0 aliphatic heterocycles. The second-order valence-electron chi connectivity index (χ2n) is 2.15. The molecule has 2 aromatic rings. The number of rotatable bonds is 1. The molecule has 1 N–H and O–H groups in total. The van der Waals surface area contributed by atoms with Gasteiger partial charge in [-0.25, -0.2) is 0 Å². The van der Waals surface area contributed by atoms with Crippen molar-refractivity contribution >= 4 is 16.8 Å². The topological polar surface area (TPSA) is 51.0 Å². The van der Waals surface area contributed by atoms with Crippen LogP contribution in [0.2, 0.25) is 0 Å². The zero-order valence-electron chi connectivity index (χ0n) is 6.03. The van der Waals surface area contributed by atoms with Gasteiger partial charge in [-0.1, -0.05) is 5.16 Å². The minimum Gasteiger partial charge on any atom is -0.370 e. The second-order valence-corrected chi connectivity index (χ2v) is 2.15. The molecule has 4 heteroatoms. The Morgan fingerprint density at radius 3 is 3.27 bits per heavy atom.